The van der Waals surface area contributed by atoms with Crippen LogP contribution in [0, 0.1) is 0 Å². The molecule has 220 valence electrons. The van der Waals surface area contributed by atoms with Crippen LogP contribution in [0.4, 0.5) is 5.69 Å². The van der Waals surface area contributed by atoms with Crippen molar-refractivity contribution in [2.75, 3.05) is 32.2 Å². The van der Waals surface area contributed by atoms with Crippen LogP contribution < -0.4 is 23.8 Å². The van der Waals surface area contributed by atoms with E-state index in [1.165, 1.54) is 37.3 Å². The molecule has 11 heteroatoms. The summed E-state index contributed by atoms with van der Waals surface area (Å²) in [5, 5.41) is 2.84. The first-order valence-electron chi connectivity index (χ1n) is 13.0. The summed E-state index contributed by atoms with van der Waals surface area (Å²) in [6.45, 7) is 4.72. The topological polar surface area (TPSA) is 114 Å². The highest BCUT2D eigenvalue weighted by molar-refractivity contribution is 7.92. The van der Waals surface area contributed by atoms with Crippen LogP contribution in [0.5, 0.6) is 17.2 Å². The number of sulfonamides is 1. The number of carbonyl (C=O) groups is 2. The molecule has 0 spiro atoms. The van der Waals surface area contributed by atoms with Crippen molar-refractivity contribution in [1.82, 2.24) is 10.2 Å². The van der Waals surface area contributed by atoms with Crippen LogP contribution in [0.2, 0.25) is 0 Å². The number of hydrogen-bond donors (Lipinski definition) is 1. The largest absolute Gasteiger partial charge is 0.497 e. The number of anilines is 1. The summed E-state index contributed by atoms with van der Waals surface area (Å²) >= 11 is 0. The van der Waals surface area contributed by atoms with Crippen molar-refractivity contribution in [3.63, 3.8) is 0 Å². The summed E-state index contributed by atoms with van der Waals surface area (Å²) in [7, 11) is 0.168. The molecular weight excluding hydrogens is 546 g/mol. The van der Waals surface area contributed by atoms with Gasteiger partial charge in [0.15, 0.2) is 0 Å². The highest BCUT2D eigenvalue weighted by Gasteiger charge is 2.34. The molecule has 2 amide bonds. The molecule has 0 saturated carbocycles. The molecule has 0 fully saturated rings. The second-order valence-corrected chi connectivity index (χ2v) is 11.4. The third-order valence-corrected chi connectivity index (χ3v) is 8.15. The summed E-state index contributed by atoms with van der Waals surface area (Å²) in [4.78, 5) is 28.5. The Bertz CT molecular complexity index is 1430. The van der Waals surface area contributed by atoms with E-state index in [4.69, 9.17) is 14.2 Å². The maximum absolute atomic E-state index is 14.1. The van der Waals surface area contributed by atoms with Gasteiger partial charge < -0.3 is 24.4 Å². The Morgan fingerprint density at radius 3 is 2.00 bits per heavy atom. The van der Waals surface area contributed by atoms with E-state index < -0.39 is 28.5 Å². The quantitative estimate of drug-likeness (QED) is 0.325. The van der Waals surface area contributed by atoms with Gasteiger partial charge in [-0.15, -0.1) is 0 Å². The Morgan fingerprint density at radius 2 is 1.44 bits per heavy atom. The van der Waals surface area contributed by atoms with Crippen LogP contribution >= 0.6 is 0 Å². The maximum Gasteiger partial charge on any atom is 0.264 e. The van der Waals surface area contributed by atoms with Crippen LogP contribution in [0.1, 0.15) is 26.3 Å². The van der Waals surface area contributed by atoms with Crippen molar-refractivity contribution in [1.29, 1.82) is 0 Å². The van der Waals surface area contributed by atoms with Crippen LogP contribution in [0.15, 0.2) is 77.7 Å². The maximum atomic E-state index is 14.1. The molecule has 0 radical (unpaired) electrons. The number of nitrogens with one attached hydrogen (secondary N) is 1. The van der Waals surface area contributed by atoms with Crippen LogP contribution in [0.25, 0.3) is 0 Å². The number of rotatable bonds is 13. The van der Waals surface area contributed by atoms with Gasteiger partial charge in [0.05, 0.1) is 31.9 Å². The van der Waals surface area contributed by atoms with E-state index in [1.807, 2.05) is 13.8 Å². The molecule has 1 atom stereocenters. The van der Waals surface area contributed by atoms with Crippen LogP contribution in [-0.2, 0) is 26.2 Å². The van der Waals surface area contributed by atoms with Gasteiger partial charge in [-0.05, 0) is 62.7 Å². The first-order chi connectivity index (χ1) is 19.5. The summed E-state index contributed by atoms with van der Waals surface area (Å²) in [6.07, 6.45) is 0. The Morgan fingerprint density at radius 1 is 0.829 bits per heavy atom. The zero-order valence-electron chi connectivity index (χ0n) is 24.2. The van der Waals surface area contributed by atoms with Crippen molar-refractivity contribution in [3.8, 4) is 17.2 Å². The normalized spacial score (nSPS) is 11.9. The van der Waals surface area contributed by atoms with Crippen molar-refractivity contribution >= 4 is 27.5 Å². The lowest BCUT2D eigenvalue weighted by molar-refractivity contribution is -0.139. The number of amides is 2. The van der Waals surface area contributed by atoms with E-state index in [9.17, 15) is 18.0 Å². The average Bonchev–Trinajstić information content (AvgIpc) is 2.98. The molecular formula is C30H37N3O7S. The lowest BCUT2D eigenvalue weighted by Crippen LogP contribution is -2.52. The fraction of sp³-hybridized carbons (Fsp3) is 0.333. The number of methoxy groups -OCH3 is 3. The Hall–Kier alpha value is -4.25. The Labute approximate surface area is 241 Å². The Balaban J connectivity index is 2.10. The Kier molecular flexibility index (Phi) is 10.6. The molecule has 0 aromatic heterocycles. The van der Waals surface area contributed by atoms with E-state index in [2.05, 4.69) is 5.32 Å². The van der Waals surface area contributed by atoms with Gasteiger partial charge in [-0.1, -0.05) is 30.3 Å². The molecule has 10 nitrogen and oxygen atoms in total. The minimum atomic E-state index is -4.25. The van der Waals surface area contributed by atoms with Gasteiger partial charge in [-0.25, -0.2) is 8.42 Å². The summed E-state index contributed by atoms with van der Waals surface area (Å²) in [6, 6.07) is 18.5. The molecule has 3 aromatic carbocycles. The fourth-order valence-corrected chi connectivity index (χ4v) is 5.58. The number of nitrogens with zero attached hydrogens (tertiary/aromatic N) is 2. The van der Waals surface area contributed by atoms with Gasteiger partial charge in [-0.3, -0.25) is 13.9 Å². The smallest absolute Gasteiger partial charge is 0.264 e. The number of ether oxygens (including phenoxy) is 3. The summed E-state index contributed by atoms with van der Waals surface area (Å²) < 4.78 is 45.1. The molecule has 3 aromatic rings. The van der Waals surface area contributed by atoms with Gasteiger partial charge in [-0.2, -0.15) is 0 Å². The first kappa shape index (κ1) is 31.3. The molecule has 0 bridgehead atoms. The summed E-state index contributed by atoms with van der Waals surface area (Å²) in [5.41, 5.74) is 0.854. The molecule has 0 saturated heterocycles. The van der Waals surface area contributed by atoms with Gasteiger partial charge in [0, 0.05) is 18.7 Å². The highest BCUT2D eigenvalue weighted by atomic mass is 32.2. The monoisotopic (exact) mass is 583 g/mol. The SMILES string of the molecule is COc1ccc(CN(C(=O)CN(c2cc(OC)ccc2OC)S(=O)(=O)c2ccccc2)[C@@H](C)C(=O)NC(C)C)cc1. The second-order valence-electron chi connectivity index (χ2n) is 9.57. The zero-order chi connectivity index (χ0) is 30.2. The zero-order valence-corrected chi connectivity index (χ0v) is 25.0. The van der Waals surface area contributed by atoms with Crippen molar-refractivity contribution in [2.45, 2.75) is 44.3 Å². The third kappa shape index (κ3) is 7.69. The molecule has 0 heterocycles. The van der Waals surface area contributed by atoms with Crippen molar-refractivity contribution in [3.05, 3.63) is 78.4 Å². The predicted molar refractivity (Wildman–Crippen MR) is 157 cm³/mol. The van der Waals surface area contributed by atoms with E-state index in [0.717, 1.165) is 9.87 Å². The lowest BCUT2D eigenvalue weighted by Gasteiger charge is -2.32. The van der Waals surface area contributed by atoms with Crippen LogP contribution in [-0.4, -0.2) is 65.1 Å². The predicted octanol–water partition coefficient (Wildman–Crippen LogP) is 3.85. The molecule has 1 N–H and O–H groups in total. The molecule has 0 aliphatic rings. The molecule has 0 aliphatic carbocycles. The van der Waals surface area contributed by atoms with E-state index >= 15 is 0 Å². The fourth-order valence-electron chi connectivity index (χ4n) is 4.14. The molecule has 3 rings (SSSR count). The van der Waals surface area contributed by atoms with Gasteiger partial charge in [0.2, 0.25) is 11.8 Å². The molecule has 0 aliphatic heterocycles. The molecule has 0 unspecified atom stereocenters. The minimum absolute atomic E-state index is 0.00928. The van der Waals surface area contributed by atoms with Gasteiger partial charge >= 0.3 is 0 Å². The third-order valence-electron chi connectivity index (χ3n) is 6.37. The molecule has 41 heavy (non-hydrogen) atoms. The minimum Gasteiger partial charge on any atom is -0.497 e. The standard InChI is InChI=1S/C30H37N3O7S/c1-21(2)31-30(35)22(3)32(19-23-12-14-24(38-4)15-13-23)29(34)20-33(41(36,37)26-10-8-7-9-11-26)27-18-25(39-5)16-17-28(27)40-6/h7-18,21-22H,19-20H2,1-6H3,(H,31,35)/t22-/m0/s1. The first-order valence-corrected chi connectivity index (χ1v) is 14.5. The van der Waals surface area contributed by atoms with Gasteiger partial charge in [0.25, 0.3) is 10.0 Å². The second kappa shape index (κ2) is 13.9. The van der Waals surface area contributed by atoms with Crippen molar-refractivity contribution in [2.24, 2.45) is 0 Å². The number of hydrogen-bond acceptors (Lipinski definition) is 7. The lowest BCUT2D eigenvalue weighted by atomic mass is 10.1. The average molecular weight is 584 g/mol. The van der Waals surface area contributed by atoms with E-state index in [-0.39, 0.29) is 34.8 Å². The number of benzene rings is 3. The highest BCUT2D eigenvalue weighted by Crippen LogP contribution is 2.36. The van der Waals surface area contributed by atoms with Gasteiger partial charge in [0.1, 0.15) is 29.8 Å². The van der Waals surface area contributed by atoms with E-state index in [1.54, 1.807) is 68.6 Å². The summed E-state index contributed by atoms with van der Waals surface area (Å²) in [5.74, 6) is 0.295. The number of carbonyl (C=O) groups excluding carboxylic acids is 2. The van der Waals surface area contributed by atoms with Crippen LogP contribution in [0.3, 0.4) is 0 Å². The van der Waals surface area contributed by atoms with Crippen molar-refractivity contribution < 1.29 is 32.2 Å². The van der Waals surface area contributed by atoms with E-state index in [0.29, 0.717) is 11.5 Å².